The maximum absolute atomic E-state index is 14.1. The van der Waals surface area contributed by atoms with Crippen molar-refractivity contribution in [3.05, 3.63) is 76.7 Å². The smallest absolute Gasteiger partial charge is 0.171 e. The molecule has 0 bridgehead atoms. The molecule has 3 N–H and O–H groups in total. The number of hydrogen-bond donors (Lipinski definition) is 3. The highest BCUT2D eigenvalue weighted by atomic mass is 79.9. The molecule has 1 heterocycles. The first-order valence-corrected chi connectivity index (χ1v) is 10.7. The van der Waals surface area contributed by atoms with Gasteiger partial charge >= 0.3 is 0 Å². The third-order valence-corrected chi connectivity index (χ3v) is 5.50. The molecule has 1 aromatic heterocycles. The summed E-state index contributed by atoms with van der Waals surface area (Å²) in [5.74, 6) is 0.918. The Balaban J connectivity index is 1.85. The molecule has 6 nitrogen and oxygen atoms in total. The summed E-state index contributed by atoms with van der Waals surface area (Å²) in [6.07, 6.45) is 3.87. The van der Waals surface area contributed by atoms with Crippen molar-refractivity contribution in [2.75, 3.05) is 18.5 Å². The van der Waals surface area contributed by atoms with Crippen molar-refractivity contribution in [1.82, 2.24) is 14.5 Å². The molecule has 156 valence electrons. The first kappa shape index (κ1) is 22.2. The predicted octanol–water partition coefficient (Wildman–Crippen LogP) is 4.86. The topological polar surface area (TPSA) is 74.5 Å². The van der Waals surface area contributed by atoms with Crippen LogP contribution in [0.1, 0.15) is 5.56 Å². The Kier molecular flexibility index (Phi) is 8.21. The summed E-state index contributed by atoms with van der Waals surface area (Å²) in [6.45, 7) is 4.21. The largest absolute Gasteiger partial charge is 0.395 e. The van der Waals surface area contributed by atoms with Crippen LogP contribution >= 0.6 is 27.9 Å². The minimum Gasteiger partial charge on any atom is -0.395 e. The number of allylic oxidation sites excluding steroid dienone is 1. The van der Waals surface area contributed by atoms with Crippen molar-refractivity contribution in [2.45, 2.75) is 11.3 Å². The third-order valence-electron chi connectivity index (χ3n) is 4.08. The van der Waals surface area contributed by atoms with E-state index in [-0.39, 0.29) is 12.4 Å². The van der Waals surface area contributed by atoms with Gasteiger partial charge in [-0.25, -0.2) is 9.38 Å². The van der Waals surface area contributed by atoms with Gasteiger partial charge in [0.2, 0.25) is 0 Å². The van der Waals surface area contributed by atoms with E-state index in [4.69, 9.17) is 5.11 Å². The molecule has 0 radical (unpaired) electrons. The molecule has 0 spiro atoms. The van der Waals surface area contributed by atoms with Gasteiger partial charge in [-0.2, -0.15) is 9.78 Å². The van der Waals surface area contributed by atoms with Crippen LogP contribution < -0.4 is 10.0 Å². The summed E-state index contributed by atoms with van der Waals surface area (Å²) < 4.78 is 19.4. The van der Waals surface area contributed by atoms with E-state index in [2.05, 4.69) is 42.8 Å². The zero-order chi connectivity index (χ0) is 21.3. The lowest BCUT2D eigenvalue weighted by atomic mass is 10.1. The molecule has 9 heteroatoms. The summed E-state index contributed by atoms with van der Waals surface area (Å²) in [4.78, 5) is 5.05. The second-order valence-corrected chi connectivity index (χ2v) is 7.96. The SMILES string of the molecule is C=Nc1c(Br)cnn1/C(=C\Cc1ccccc1F)Nc1ccc(SNCCO)cc1. The van der Waals surface area contributed by atoms with Gasteiger partial charge in [-0.1, -0.05) is 18.2 Å². The van der Waals surface area contributed by atoms with E-state index in [0.717, 1.165) is 10.6 Å². The van der Waals surface area contributed by atoms with Crippen LogP contribution in [0.4, 0.5) is 15.9 Å². The zero-order valence-corrected chi connectivity index (χ0v) is 18.5. The van der Waals surface area contributed by atoms with Gasteiger partial charge in [0, 0.05) is 17.1 Å². The summed E-state index contributed by atoms with van der Waals surface area (Å²) in [5, 5.41) is 16.5. The Morgan fingerprint density at radius 1 is 1.27 bits per heavy atom. The average Bonchev–Trinajstić information content (AvgIpc) is 3.13. The van der Waals surface area contributed by atoms with E-state index >= 15 is 0 Å². The molecule has 0 unspecified atom stereocenters. The number of anilines is 1. The maximum atomic E-state index is 14.1. The molecule has 0 saturated carbocycles. The fourth-order valence-corrected chi connectivity index (χ4v) is 3.65. The Morgan fingerprint density at radius 2 is 2.03 bits per heavy atom. The van der Waals surface area contributed by atoms with E-state index in [1.54, 1.807) is 23.0 Å². The molecule has 0 fully saturated rings. The highest BCUT2D eigenvalue weighted by Crippen LogP contribution is 2.28. The number of benzene rings is 2. The van der Waals surface area contributed by atoms with Crippen molar-refractivity contribution >= 4 is 51.9 Å². The summed E-state index contributed by atoms with van der Waals surface area (Å²) in [7, 11) is 0. The Hall–Kier alpha value is -2.46. The van der Waals surface area contributed by atoms with Gasteiger partial charge in [0.05, 0.1) is 17.3 Å². The predicted molar refractivity (Wildman–Crippen MR) is 125 cm³/mol. The second kappa shape index (κ2) is 11.1. The van der Waals surface area contributed by atoms with E-state index in [9.17, 15) is 4.39 Å². The minimum atomic E-state index is -0.256. The van der Waals surface area contributed by atoms with Gasteiger partial charge in [-0.05, 0) is 83.0 Å². The van der Waals surface area contributed by atoms with E-state index in [0.29, 0.717) is 34.6 Å². The number of halogens is 2. The molecule has 2 aromatic carbocycles. The van der Waals surface area contributed by atoms with Gasteiger partial charge in [0.15, 0.2) is 5.82 Å². The monoisotopic (exact) mass is 489 g/mol. The molecular weight excluding hydrogens is 469 g/mol. The lowest BCUT2D eigenvalue weighted by Crippen LogP contribution is -2.10. The highest BCUT2D eigenvalue weighted by molar-refractivity contribution is 9.10. The van der Waals surface area contributed by atoms with E-state index < -0.39 is 0 Å². The van der Waals surface area contributed by atoms with Crippen molar-refractivity contribution in [3.63, 3.8) is 0 Å². The van der Waals surface area contributed by atoms with E-state index in [1.807, 2.05) is 36.4 Å². The van der Waals surface area contributed by atoms with Gasteiger partial charge in [0.1, 0.15) is 11.6 Å². The Morgan fingerprint density at radius 3 is 2.73 bits per heavy atom. The molecule has 0 atom stereocenters. The van der Waals surface area contributed by atoms with Crippen LogP contribution in [0.25, 0.3) is 5.82 Å². The van der Waals surface area contributed by atoms with Crippen LogP contribution in [-0.2, 0) is 6.42 Å². The fourth-order valence-electron chi connectivity index (χ4n) is 2.64. The van der Waals surface area contributed by atoms with Crippen LogP contribution in [-0.4, -0.2) is 34.8 Å². The van der Waals surface area contributed by atoms with Gasteiger partial charge in [-0.15, -0.1) is 0 Å². The fraction of sp³-hybridized carbons (Fsp3) is 0.143. The molecule has 3 aromatic rings. The number of hydrogen-bond acceptors (Lipinski definition) is 6. The van der Waals surface area contributed by atoms with Crippen LogP contribution in [0, 0.1) is 5.82 Å². The number of aromatic nitrogens is 2. The van der Waals surface area contributed by atoms with Crippen LogP contribution in [0.2, 0.25) is 0 Å². The minimum absolute atomic E-state index is 0.0852. The normalized spacial score (nSPS) is 11.5. The highest BCUT2D eigenvalue weighted by Gasteiger charge is 2.12. The third kappa shape index (κ3) is 5.79. The van der Waals surface area contributed by atoms with Crippen LogP contribution in [0.15, 0.2) is 75.2 Å². The second-order valence-electron chi connectivity index (χ2n) is 6.14. The first-order chi connectivity index (χ1) is 14.6. The van der Waals surface area contributed by atoms with Crippen LogP contribution in [0.3, 0.4) is 0 Å². The maximum Gasteiger partial charge on any atom is 0.171 e. The average molecular weight is 490 g/mol. The summed E-state index contributed by atoms with van der Waals surface area (Å²) >= 11 is 4.87. The van der Waals surface area contributed by atoms with Crippen LogP contribution in [0.5, 0.6) is 0 Å². The van der Waals surface area contributed by atoms with Gasteiger partial charge in [0.25, 0.3) is 0 Å². The van der Waals surface area contributed by atoms with Gasteiger partial charge in [-0.3, -0.25) is 4.72 Å². The first-order valence-electron chi connectivity index (χ1n) is 9.14. The number of nitrogens with one attached hydrogen (secondary N) is 2. The lowest BCUT2D eigenvalue weighted by Gasteiger charge is -2.14. The number of aliphatic hydroxyl groups excluding tert-OH is 1. The number of aliphatic hydroxyl groups is 1. The molecule has 0 aliphatic heterocycles. The summed E-state index contributed by atoms with van der Waals surface area (Å²) in [5.41, 5.74) is 1.42. The molecule has 0 aliphatic rings. The summed E-state index contributed by atoms with van der Waals surface area (Å²) in [6, 6.07) is 14.4. The number of aliphatic imine (C=N–C) groups is 1. The number of rotatable bonds is 10. The van der Waals surface area contributed by atoms with Crippen molar-refractivity contribution in [2.24, 2.45) is 4.99 Å². The lowest BCUT2D eigenvalue weighted by molar-refractivity contribution is 0.302. The Labute approximate surface area is 187 Å². The Bertz CT molecular complexity index is 1020. The molecule has 30 heavy (non-hydrogen) atoms. The molecule has 3 rings (SSSR count). The van der Waals surface area contributed by atoms with Crippen molar-refractivity contribution in [1.29, 1.82) is 0 Å². The van der Waals surface area contributed by atoms with Crippen molar-refractivity contribution < 1.29 is 9.50 Å². The quantitative estimate of drug-likeness (QED) is 0.215. The van der Waals surface area contributed by atoms with Crippen molar-refractivity contribution in [3.8, 4) is 0 Å². The molecule has 0 saturated heterocycles. The van der Waals surface area contributed by atoms with Gasteiger partial charge < -0.3 is 10.4 Å². The standard InChI is InChI=1S/C21H21BrFN5OS/c1-24-21-18(22)14-25-28(21)20(11-6-15-4-2-3-5-19(15)23)27-16-7-9-17(10-8-16)30-26-12-13-29/h2-5,7-11,14,26-27,29H,1,6,12-13H2/b20-11-. The molecule has 0 aliphatic carbocycles. The molecular formula is C21H21BrFN5OS. The molecule has 0 amide bonds. The zero-order valence-electron chi connectivity index (χ0n) is 16.1. The van der Waals surface area contributed by atoms with E-state index in [1.165, 1.54) is 18.0 Å². The number of nitrogens with zero attached hydrogens (tertiary/aromatic N) is 3.